The van der Waals surface area contributed by atoms with E-state index in [1.54, 1.807) is 0 Å². The molecule has 1 saturated carbocycles. The average molecular weight is 257 g/mol. The molecule has 1 amide bonds. The number of ketones is 1. The summed E-state index contributed by atoms with van der Waals surface area (Å²) in [4.78, 5) is 26.5. The highest BCUT2D eigenvalue weighted by Crippen LogP contribution is 2.53. The van der Waals surface area contributed by atoms with Gasteiger partial charge in [0, 0.05) is 24.4 Å². The first kappa shape index (κ1) is 12.4. The molecule has 1 aliphatic heterocycles. The summed E-state index contributed by atoms with van der Waals surface area (Å²) in [5.41, 5.74) is 1.63. The molecule has 0 radical (unpaired) electrons. The smallest absolute Gasteiger partial charge is 0.230 e. The number of Topliss-reactive ketones (excluding diaryl/α,β-unsaturated/α-hetero) is 1. The van der Waals surface area contributed by atoms with Gasteiger partial charge in [-0.1, -0.05) is 26.0 Å². The van der Waals surface area contributed by atoms with Gasteiger partial charge < -0.3 is 4.90 Å². The molecule has 0 bridgehead atoms. The molecule has 100 valence electrons. The van der Waals surface area contributed by atoms with Crippen molar-refractivity contribution in [3.63, 3.8) is 0 Å². The average Bonchev–Trinajstić information content (AvgIpc) is 3.06. The molecule has 1 unspecified atom stereocenters. The number of rotatable bonds is 1. The standard InChI is InChI=1S/C16H19NO2/c1-16(2)10-12(16)15(19)17-9-5-8-14(18)11-6-3-4-7-13(11)17/h3-4,6-7,12H,5,8-10H2,1-2H3. The number of fused-ring (bicyclic) bond motifs is 1. The summed E-state index contributed by atoms with van der Waals surface area (Å²) in [5, 5.41) is 0. The number of anilines is 1. The number of carbonyl (C=O) groups is 2. The summed E-state index contributed by atoms with van der Waals surface area (Å²) in [5.74, 6) is 0.460. The van der Waals surface area contributed by atoms with Crippen LogP contribution in [0.5, 0.6) is 0 Å². The Bertz CT molecular complexity index is 547. The van der Waals surface area contributed by atoms with E-state index in [4.69, 9.17) is 0 Å². The third-order valence-corrected chi connectivity index (χ3v) is 4.36. The van der Waals surface area contributed by atoms with Gasteiger partial charge in [0.05, 0.1) is 5.69 Å². The van der Waals surface area contributed by atoms with Gasteiger partial charge in [-0.3, -0.25) is 9.59 Å². The van der Waals surface area contributed by atoms with Crippen molar-refractivity contribution in [2.24, 2.45) is 11.3 Å². The van der Waals surface area contributed by atoms with Gasteiger partial charge in [-0.2, -0.15) is 0 Å². The Morgan fingerprint density at radius 3 is 2.68 bits per heavy atom. The highest BCUT2D eigenvalue weighted by atomic mass is 16.2. The quantitative estimate of drug-likeness (QED) is 0.775. The fraction of sp³-hybridized carbons (Fsp3) is 0.500. The number of hydrogen-bond donors (Lipinski definition) is 0. The molecule has 0 N–H and O–H groups in total. The van der Waals surface area contributed by atoms with Crippen molar-refractivity contribution in [2.75, 3.05) is 11.4 Å². The number of carbonyl (C=O) groups excluding carboxylic acids is 2. The van der Waals surface area contributed by atoms with Crippen molar-refractivity contribution in [3.8, 4) is 0 Å². The van der Waals surface area contributed by atoms with Gasteiger partial charge in [0.15, 0.2) is 5.78 Å². The van der Waals surface area contributed by atoms with Crippen LogP contribution in [-0.2, 0) is 4.79 Å². The monoisotopic (exact) mass is 257 g/mol. The van der Waals surface area contributed by atoms with Crippen molar-refractivity contribution in [1.29, 1.82) is 0 Å². The van der Waals surface area contributed by atoms with Crippen molar-refractivity contribution in [2.45, 2.75) is 33.1 Å². The summed E-state index contributed by atoms with van der Waals surface area (Å²) in [6, 6.07) is 7.49. The van der Waals surface area contributed by atoms with Gasteiger partial charge in [0.1, 0.15) is 0 Å². The maximum atomic E-state index is 12.6. The molecule has 2 aliphatic rings. The Morgan fingerprint density at radius 1 is 1.32 bits per heavy atom. The third kappa shape index (κ3) is 2.07. The van der Waals surface area contributed by atoms with Crippen LogP contribution in [0.25, 0.3) is 0 Å². The van der Waals surface area contributed by atoms with Gasteiger partial charge in [-0.15, -0.1) is 0 Å². The third-order valence-electron chi connectivity index (χ3n) is 4.36. The lowest BCUT2D eigenvalue weighted by atomic mass is 10.1. The fourth-order valence-corrected chi connectivity index (χ4v) is 2.90. The van der Waals surface area contributed by atoms with Crippen LogP contribution in [0, 0.1) is 11.3 Å². The molecule has 3 heteroatoms. The molecule has 0 saturated heterocycles. The van der Waals surface area contributed by atoms with E-state index in [1.807, 2.05) is 29.2 Å². The minimum Gasteiger partial charge on any atom is -0.311 e. The summed E-state index contributed by atoms with van der Waals surface area (Å²) in [6.45, 7) is 4.92. The normalized spacial score (nSPS) is 24.6. The van der Waals surface area contributed by atoms with Crippen molar-refractivity contribution < 1.29 is 9.59 Å². The molecule has 0 aromatic heterocycles. The Kier molecular flexibility index (Phi) is 2.73. The van der Waals surface area contributed by atoms with Crippen molar-refractivity contribution in [3.05, 3.63) is 29.8 Å². The van der Waals surface area contributed by atoms with E-state index in [9.17, 15) is 9.59 Å². The van der Waals surface area contributed by atoms with Gasteiger partial charge in [-0.05, 0) is 30.4 Å². The Balaban J connectivity index is 1.96. The summed E-state index contributed by atoms with van der Waals surface area (Å²) < 4.78 is 0. The lowest BCUT2D eigenvalue weighted by molar-refractivity contribution is -0.120. The molecule has 1 fully saturated rings. The largest absolute Gasteiger partial charge is 0.311 e. The Morgan fingerprint density at radius 2 is 2.00 bits per heavy atom. The van der Waals surface area contributed by atoms with Crippen LogP contribution in [0.3, 0.4) is 0 Å². The first-order valence-electron chi connectivity index (χ1n) is 6.94. The highest BCUT2D eigenvalue weighted by molar-refractivity contribution is 6.07. The van der Waals surface area contributed by atoms with Crippen LogP contribution in [0.2, 0.25) is 0 Å². The van der Waals surface area contributed by atoms with E-state index >= 15 is 0 Å². The molecule has 1 aromatic carbocycles. The minimum atomic E-state index is 0.119. The molecule has 0 spiro atoms. The highest BCUT2D eigenvalue weighted by Gasteiger charge is 2.52. The fourth-order valence-electron chi connectivity index (χ4n) is 2.90. The first-order chi connectivity index (χ1) is 9.00. The van der Waals surface area contributed by atoms with E-state index in [0.717, 1.165) is 18.5 Å². The predicted octanol–water partition coefficient (Wildman–Crippen LogP) is 3.04. The van der Waals surface area contributed by atoms with Gasteiger partial charge in [-0.25, -0.2) is 0 Å². The molecule has 1 atom stereocenters. The summed E-state index contributed by atoms with van der Waals surface area (Å²) in [7, 11) is 0. The maximum Gasteiger partial charge on any atom is 0.230 e. The van der Waals surface area contributed by atoms with Crippen LogP contribution >= 0.6 is 0 Å². The SMILES string of the molecule is CC1(C)CC1C(=O)N1CCCC(=O)c2ccccc21. The van der Waals surface area contributed by atoms with E-state index in [2.05, 4.69) is 13.8 Å². The molecule has 3 rings (SSSR count). The molecule has 1 aliphatic carbocycles. The lowest BCUT2D eigenvalue weighted by Gasteiger charge is -2.23. The minimum absolute atomic E-state index is 0.119. The van der Waals surface area contributed by atoms with Gasteiger partial charge in [0.2, 0.25) is 5.91 Å². The summed E-state index contributed by atoms with van der Waals surface area (Å²) >= 11 is 0. The topological polar surface area (TPSA) is 37.4 Å². The second-order valence-electron chi connectivity index (χ2n) is 6.28. The first-order valence-corrected chi connectivity index (χ1v) is 6.94. The number of nitrogens with zero attached hydrogens (tertiary/aromatic N) is 1. The van der Waals surface area contributed by atoms with Gasteiger partial charge >= 0.3 is 0 Å². The van der Waals surface area contributed by atoms with Crippen molar-refractivity contribution >= 4 is 17.4 Å². The van der Waals surface area contributed by atoms with E-state index in [1.165, 1.54) is 0 Å². The lowest BCUT2D eigenvalue weighted by Crippen LogP contribution is -2.34. The molecule has 3 nitrogen and oxygen atoms in total. The van der Waals surface area contributed by atoms with Crippen LogP contribution < -0.4 is 4.90 Å². The number of benzene rings is 1. The molecule has 1 heterocycles. The molecular weight excluding hydrogens is 238 g/mol. The zero-order chi connectivity index (χ0) is 13.6. The van der Waals surface area contributed by atoms with E-state index < -0.39 is 0 Å². The Labute approximate surface area is 113 Å². The molecule has 1 aromatic rings. The zero-order valence-electron chi connectivity index (χ0n) is 11.5. The molecular formula is C16H19NO2. The van der Waals surface area contributed by atoms with Crippen molar-refractivity contribution in [1.82, 2.24) is 0 Å². The van der Waals surface area contributed by atoms with E-state index in [-0.39, 0.29) is 23.0 Å². The second kappa shape index (κ2) is 4.19. The second-order valence-corrected chi connectivity index (χ2v) is 6.28. The predicted molar refractivity (Wildman–Crippen MR) is 74.2 cm³/mol. The Hall–Kier alpha value is -1.64. The maximum absolute atomic E-state index is 12.6. The summed E-state index contributed by atoms with van der Waals surface area (Å²) in [6.07, 6.45) is 2.25. The van der Waals surface area contributed by atoms with Crippen LogP contribution in [0.4, 0.5) is 5.69 Å². The number of para-hydroxylation sites is 1. The zero-order valence-corrected chi connectivity index (χ0v) is 11.5. The van der Waals surface area contributed by atoms with Crippen LogP contribution in [0.15, 0.2) is 24.3 Å². The van der Waals surface area contributed by atoms with Crippen LogP contribution in [-0.4, -0.2) is 18.2 Å². The molecule has 19 heavy (non-hydrogen) atoms. The van der Waals surface area contributed by atoms with E-state index in [0.29, 0.717) is 18.5 Å². The number of amides is 1. The number of hydrogen-bond acceptors (Lipinski definition) is 2. The van der Waals surface area contributed by atoms with Gasteiger partial charge in [0.25, 0.3) is 0 Å². The van der Waals surface area contributed by atoms with Crippen LogP contribution in [0.1, 0.15) is 43.5 Å².